The van der Waals surface area contributed by atoms with E-state index in [1.807, 2.05) is 6.07 Å². The highest BCUT2D eigenvalue weighted by Gasteiger charge is 2.18. The van der Waals surface area contributed by atoms with Gasteiger partial charge >= 0.3 is 0 Å². The number of ketones is 1. The fourth-order valence-electron chi connectivity index (χ4n) is 2.68. The lowest BCUT2D eigenvalue weighted by Gasteiger charge is -2.12. The van der Waals surface area contributed by atoms with Gasteiger partial charge in [-0.25, -0.2) is 9.97 Å². The molecule has 0 fully saturated rings. The van der Waals surface area contributed by atoms with Crippen LogP contribution in [0.2, 0.25) is 0 Å². The zero-order valence-electron chi connectivity index (χ0n) is 16.2. The molecule has 0 unspecified atom stereocenters. The highest BCUT2D eigenvalue weighted by molar-refractivity contribution is 6.10. The molecule has 0 saturated heterocycles. The van der Waals surface area contributed by atoms with E-state index in [-0.39, 0.29) is 17.4 Å². The maximum atomic E-state index is 13.0. The molecule has 148 valence electrons. The van der Waals surface area contributed by atoms with Gasteiger partial charge in [0.1, 0.15) is 0 Å². The van der Waals surface area contributed by atoms with E-state index in [1.165, 1.54) is 13.1 Å². The fourth-order valence-corrected chi connectivity index (χ4v) is 2.68. The van der Waals surface area contributed by atoms with E-state index in [0.29, 0.717) is 35.9 Å². The van der Waals surface area contributed by atoms with E-state index in [9.17, 15) is 9.59 Å². The van der Waals surface area contributed by atoms with Crippen molar-refractivity contribution < 1.29 is 14.3 Å². The number of pyridine rings is 1. The maximum Gasteiger partial charge on any atom is 0.221 e. The van der Waals surface area contributed by atoms with Gasteiger partial charge in [0, 0.05) is 49.8 Å². The second-order valence-electron chi connectivity index (χ2n) is 6.20. The summed E-state index contributed by atoms with van der Waals surface area (Å²) in [6.45, 7) is 2.39. The van der Waals surface area contributed by atoms with Crippen molar-refractivity contribution in [3.8, 4) is 11.3 Å². The van der Waals surface area contributed by atoms with Gasteiger partial charge in [-0.1, -0.05) is 12.1 Å². The molecule has 2 N–H and O–H groups in total. The quantitative estimate of drug-likeness (QED) is 0.449. The molecule has 0 aliphatic rings. The van der Waals surface area contributed by atoms with Gasteiger partial charge in [0.05, 0.1) is 18.5 Å². The lowest BCUT2D eigenvalue weighted by Crippen LogP contribution is -2.15. The number of nitrogens with one attached hydrogen (secondary N) is 2. The van der Waals surface area contributed by atoms with Crippen molar-refractivity contribution in [1.82, 2.24) is 15.0 Å². The third-order valence-corrected chi connectivity index (χ3v) is 3.99. The van der Waals surface area contributed by atoms with E-state index >= 15 is 0 Å². The number of hydrogen-bond acceptors (Lipinski definition) is 7. The molecule has 0 radical (unpaired) electrons. The topological polar surface area (TPSA) is 106 Å². The number of methoxy groups -OCH3 is 1. The monoisotopic (exact) mass is 391 g/mol. The van der Waals surface area contributed by atoms with Gasteiger partial charge in [0.15, 0.2) is 11.5 Å². The van der Waals surface area contributed by atoms with Crippen molar-refractivity contribution in [3.05, 3.63) is 66.2 Å². The molecule has 2 heterocycles. The Balaban J connectivity index is 2.00. The predicted octanol–water partition coefficient (Wildman–Crippen LogP) is 2.79. The van der Waals surface area contributed by atoms with Crippen molar-refractivity contribution in [1.29, 1.82) is 0 Å². The first-order valence-electron chi connectivity index (χ1n) is 9.01. The van der Waals surface area contributed by atoms with Crippen LogP contribution in [0, 0.1) is 0 Å². The van der Waals surface area contributed by atoms with Crippen molar-refractivity contribution in [2.45, 2.75) is 6.92 Å². The van der Waals surface area contributed by atoms with Crippen LogP contribution in [0.5, 0.6) is 0 Å². The Labute approximate surface area is 168 Å². The molecule has 0 aliphatic carbocycles. The van der Waals surface area contributed by atoms with Crippen molar-refractivity contribution in [2.24, 2.45) is 0 Å². The van der Waals surface area contributed by atoms with Crippen LogP contribution in [0.4, 0.5) is 11.5 Å². The standard InChI is InChI=1S/C21H21N5O3/c1-14(27)25-17-7-3-5-15(11-17)18-13-24-21(23-9-10-29-2)19(26-18)20(28)16-6-4-8-22-12-16/h3-8,11-13H,9-10H2,1-2H3,(H,23,24)(H,25,27). The highest BCUT2D eigenvalue weighted by Crippen LogP contribution is 2.24. The highest BCUT2D eigenvalue weighted by atomic mass is 16.5. The molecule has 0 bridgehead atoms. The number of benzene rings is 1. The summed E-state index contributed by atoms with van der Waals surface area (Å²) in [7, 11) is 1.60. The number of aromatic nitrogens is 3. The molecular weight excluding hydrogens is 370 g/mol. The Morgan fingerprint density at radius 1 is 1.14 bits per heavy atom. The second-order valence-corrected chi connectivity index (χ2v) is 6.20. The SMILES string of the molecule is COCCNc1ncc(-c2cccc(NC(C)=O)c2)nc1C(=O)c1cccnc1. The second kappa shape index (κ2) is 9.52. The van der Waals surface area contributed by atoms with Gasteiger partial charge in [0.25, 0.3) is 0 Å². The Morgan fingerprint density at radius 2 is 2.00 bits per heavy atom. The Bertz CT molecular complexity index is 1010. The zero-order valence-corrected chi connectivity index (χ0v) is 16.2. The summed E-state index contributed by atoms with van der Waals surface area (Å²) in [6, 6.07) is 10.6. The number of carbonyl (C=O) groups is 2. The van der Waals surface area contributed by atoms with Gasteiger partial charge in [-0.3, -0.25) is 14.6 Å². The zero-order chi connectivity index (χ0) is 20.6. The molecule has 1 amide bonds. The number of amides is 1. The van der Waals surface area contributed by atoms with Gasteiger partial charge in [-0.15, -0.1) is 0 Å². The van der Waals surface area contributed by atoms with Gasteiger partial charge < -0.3 is 15.4 Å². The summed E-state index contributed by atoms with van der Waals surface area (Å²) < 4.78 is 5.05. The smallest absolute Gasteiger partial charge is 0.221 e. The first-order valence-corrected chi connectivity index (χ1v) is 9.01. The van der Waals surface area contributed by atoms with Gasteiger partial charge in [-0.2, -0.15) is 0 Å². The lowest BCUT2D eigenvalue weighted by molar-refractivity contribution is -0.114. The summed E-state index contributed by atoms with van der Waals surface area (Å²) in [5.41, 5.74) is 2.49. The number of anilines is 2. The molecule has 29 heavy (non-hydrogen) atoms. The predicted molar refractivity (Wildman–Crippen MR) is 110 cm³/mol. The summed E-state index contributed by atoms with van der Waals surface area (Å²) >= 11 is 0. The molecular formula is C21H21N5O3. The van der Waals surface area contributed by atoms with E-state index in [0.717, 1.165) is 5.56 Å². The van der Waals surface area contributed by atoms with E-state index in [2.05, 4.69) is 25.6 Å². The van der Waals surface area contributed by atoms with Crippen molar-refractivity contribution in [3.63, 3.8) is 0 Å². The molecule has 3 rings (SSSR count). The normalized spacial score (nSPS) is 10.4. The van der Waals surface area contributed by atoms with E-state index in [4.69, 9.17) is 4.74 Å². The molecule has 2 aromatic heterocycles. The summed E-state index contributed by atoms with van der Waals surface area (Å²) in [6.07, 6.45) is 4.68. The molecule has 1 aromatic carbocycles. The van der Waals surface area contributed by atoms with E-state index < -0.39 is 0 Å². The third kappa shape index (κ3) is 5.20. The summed E-state index contributed by atoms with van der Waals surface area (Å²) in [5, 5.41) is 5.82. The first kappa shape index (κ1) is 20.1. The minimum Gasteiger partial charge on any atom is -0.383 e. The minimum atomic E-state index is -0.287. The van der Waals surface area contributed by atoms with Crippen LogP contribution in [-0.2, 0) is 9.53 Å². The molecule has 3 aromatic rings. The number of carbonyl (C=O) groups excluding carboxylic acids is 2. The Hall–Kier alpha value is -3.65. The maximum absolute atomic E-state index is 13.0. The largest absolute Gasteiger partial charge is 0.383 e. The lowest BCUT2D eigenvalue weighted by atomic mass is 10.1. The van der Waals surface area contributed by atoms with Crippen LogP contribution in [0.3, 0.4) is 0 Å². The average Bonchev–Trinajstić information content (AvgIpc) is 2.74. The van der Waals surface area contributed by atoms with Crippen LogP contribution < -0.4 is 10.6 Å². The van der Waals surface area contributed by atoms with Crippen LogP contribution >= 0.6 is 0 Å². The van der Waals surface area contributed by atoms with Crippen molar-refractivity contribution in [2.75, 3.05) is 30.9 Å². The number of hydrogen-bond donors (Lipinski definition) is 2. The number of ether oxygens (including phenoxy) is 1. The average molecular weight is 391 g/mol. The molecule has 0 aliphatic heterocycles. The van der Waals surface area contributed by atoms with Gasteiger partial charge in [0.2, 0.25) is 11.7 Å². The molecule has 0 spiro atoms. The Kier molecular flexibility index (Phi) is 6.59. The third-order valence-electron chi connectivity index (χ3n) is 3.99. The van der Waals surface area contributed by atoms with Gasteiger partial charge in [-0.05, 0) is 24.3 Å². The molecule has 0 saturated carbocycles. The fraction of sp³-hybridized carbons (Fsp3) is 0.190. The Morgan fingerprint density at radius 3 is 2.72 bits per heavy atom. The number of rotatable bonds is 8. The van der Waals surface area contributed by atoms with Crippen LogP contribution in [-0.4, -0.2) is 46.9 Å². The first-order chi connectivity index (χ1) is 14.1. The molecule has 8 nitrogen and oxygen atoms in total. The minimum absolute atomic E-state index is 0.168. The summed E-state index contributed by atoms with van der Waals surface area (Å²) in [5.74, 6) is -0.0820. The summed E-state index contributed by atoms with van der Waals surface area (Å²) in [4.78, 5) is 37.3. The van der Waals surface area contributed by atoms with Crippen LogP contribution in [0.25, 0.3) is 11.3 Å². The van der Waals surface area contributed by atoms with Crippen LogP contribution in [0.1, 0.15) is 23.0 Å². The number of nitrogens with zero attached hydrogens (tertiary/aromatic N) is 3. The van der Waals surface area contributed by atoms with Crippen molar-refractivity contribution >= 4 is 23.2 Å². The molecule has 0 atom stereocenters. The molecule has 8 heteroatoms. The van der Waals surface area contributed by atoms with Crippen LogP contribution in [0.15, 0.2) is 55.0 Å². The van der Waals surface area contributed by atoms with E-state index in [1.54, 1.807) is 49.8 Å².